The highest BCUT2D eigenvalue weighted by atomic mass is 35.5. The van der Waals surface area contributed by atoms with Gasteiger partial charge in [0.15, 0.2) is 0 Å². The van der Waals surface area contributed by atoms with E-state index in [1.54, 1.807) is 30.3 Å². The molecule has 116 valence electrons. The van der Waals surface area contributed by atoms with Crippen molar-refractivity contribution in [3.05, 3.63) is 58.6 Å². The molecule has 1 amide bonds. The second-order valence-electron chi connectivity index (χ2n) is 4.78. The van der Waals surface area contributed by atoms with Crippen LogP contribution in [-0.4, -0.2) is 20.1 Å². The van der Waals surface area contributed by atoms with E-state index in [0.717, 1.165) is 5.56 Å². The zero-order valence-electron chi connectivity index (χ0n) is 12.7. The summed E-state index contributed by atoms with van der Waals surface area (Å²) in [5.41, 5.74) is 1.35. The fourth-order valence-electron chi connectivity index (χ4n) is 2.18. The minimum atomic E-state index is -0.253. The van der Waals surface area contributed by atoms with Crippen molar-refractivity contribution in [1.82, 2.24) is 5.32 Å². The lowest BCUT2D eigenvalue weighted by Crippen LogP contribution is -2.27. The third-order valence-corrected chi connectivity index (χ3v) is 3.62. The lowest BCUT2D eigenvalue weighted by Gasteiger charge is -2.17. The first-order valence-electron chi connectivity index (χ1n) is 6.84. The van der Waals surface area contributed by atoms with Gasteiger partial charge >= 0.3 is 0 Å². The molecule has 2 rings (SSSR count). The van der Waals surface area contributed by atoms with Crippen molar-refractivity contribution >= 4 is 17.5 Å². The van der Waals surface area contributed by atoms with Gasteiger partial charge in [-0.1, -0.05) is 29.8 Å². The third-order valence-electron chi connectivity index (χ3n) is 3.37. The first kappa shape index (κ1) is 16.2. The van der Waals surface area contributed by atoms with Crippen molar-refractivity contribution in [3.63, 3.8) is 0 Å². The maximum absolute atomic E-state index is 12.6. The van der Waals surface area contributed by atoms with Gasteiger partial charge in [0.25, 0.3) is 5.91 Å². The number of rotatable bonds is 5. The summed E-state index contributed by atoms with van der Waals surface area (Å²) in [6, 6.07) is 12.4. The molecule has 2 aromatic rings. The molecule has 0 bridgehead atoms. The Morgan fingerprint density at radius 1 is 1.05 bits per heavy atom. The molecule has 0 aromatic heterocycles. The Hall–Kier alpha value is -2.20. The normalized spacial score (nSPS) is 11.6. The van der Waals surface area contributed by atoms with Crippen LogP contribution in [0.25, 0.3) is 0 Å². The summed E-state index contributed by atoms with van der Waals surface area (Å²) in [7, 11) is 3.04. The third kappa shape index (κ3) is 3.52. The van der Waals surface area contributed by atoms with Gasteiger partial charge in [-0.05, 0) is 36.8 Å². The molecular weight excluding hydrogens is 302 g/mol. The van der Waals surface area contributed by atoms with Crippen molar-refractivity contribution in [1.29, 1.82) is 0 Å². The molecule has 4 nitrogen and oxygen atoms in total. The molecule has 0 saturated carbocycles. The highest BCUT2D eigenvalue weighted by Crippen LogP contribution is 2.28. The summed E-state index contributed by atoms with van der Waals surface area (Å²) in [6.45, 7) is 1.91. The first-order chi connectivity index (χ1) is 10.6. The average molecular weight is 320 g/mol. The topological polar surface area (TPSA) is 47.6 Å². The molecule has 0 saturated heterocycles. The van der Waals surface area contributed by atoms with E-state index >= 15 is 0 Å². The monoisotopic (exact) mass is 319 g/mol. The van der Waals surface area contributed by atoms with E-state index in [-0.39, 0.29) is 11.9 Å². The summed E-state index contributed by atoms with van der Waals surface area (Å²) >= 11 is 5.88. The lowest BCUT2D eigenvalue weighted by molar-refractivity contribution is 0.0933. The fraction of sp³-hybridized carbons (Fsp3) is 0.235. The first-order valence-corrected chi connectivity index (χ1v) is 7.22. The second kappa shape index (κ2) is 7.18. The van der Waals surface area contributed by atoms with Crippen LogP contribution in [-0.2, 0) is 0 Å². The maximum Gasteiger partial charge on any atom is 0.259 e. The Bertz CT molecular complexity index is 633. The number of benzene rings is 2. The molecule has 22 heavy (non-hydrogen) atoms. The number of nitrogens with one attached hydrogen (secondary N) is 1. The van der Waals surface area contributed by atoms with E-state index in [0.29, 0.717) is 22.1 Å². The zero-order valence-corrected chi connectivity index (χ0v) is 13.5. The van der Waals surface area contributed by atoms with Crippen LogP contribution in [0.2, 0.25) is 5.02 Å². The number of carbonyl (C=O) groups excluding carboxylic acids is 1. The van der Waals surface area contributed by atoms with Gasteiger partial charge in [0, 0.05) is 5.02 Å². The zero-order chi connectivity index (χ0) is 16.1. The molecular formula is C17H18ClNO3. The van der Waals surface area contributed by atoms with Crippen LogP contribution >= 0.6 is 11.6 Å². The molecule has 0 aliphatic rings. The van der Waals surface area contributed by atoms with Crippen molar-refractivity contribution in [2.24, 2.45) is 0 Å². The molecule has 0 aliphatic heterocycles. The molecule has 1 N–H and O–H groups in total. The largest absolute Gasteiger partial charge is 0.496 e. The SMILES string of the molecule is COc1cccc(OC)c1C(=O)N[C@H](C)c1ccc(Cl)cc1. The van der Waals surface area contributed by atoms with E-state index in [1.165, 1.54) is 14.2 Å². The van der Waals surface area contributed by atoms with E-state index in [1.807, 2.05) is 19.1 Å². The van der Waals surface area contributed by atoms with Crippen molar-refractivity contribution in [2.75, 3.05) is 14.2 Å². The molecule has 0 radical (unpaired) electrons. The highest BCUT2D eigenvalue weighted by Gasteiger charge is 2.20. The second-order valence-corrected chi connectivity index (χ2v) is 5.22. The van der Waals surface area contributed by atoms with Crippen LogP contribution in [0.15, 0.2) is 42.5 Å². The molecule has 0 unspecified atom stereocenters. The lowest BCUT2D eigenvalue weighted by atomic mass is 10.1. The number of methoxy groups -OCH3 is 2. The van der Waals surface area contributed by atoms with Crippen LogP contribution in [0.5, 0.6) is 11.5 Å². The average Bonchev–Trinajstić information content (AvgIpc) is 2.54. The summed E-state index contributed by atoms with van der Waals surface area (Å²) in [6.07, 6.45) is 0. The number of hydrogen-bond acceptors (Lipinski definition) is 3. The molecule has 0 aliphatic carbocycles. The van der Waals surface area contributed by atoms with Gasteiger partial charge in [-0.25, -0.2) is 0 Å². The quantitative estimate of drug-likeness (QED) is 0.910. The van der Waals surface area contributed by atoms with Crippen molar-refractivity contribution < 1.29 is 14.3 Å². The van der Waals surface area contributed by atoms with Crippen LogP contribution < -0.4 is 14.8 Å². The van der Waals surface area contributed by atoms with Crippen LogP contribution in [0.3, 0.4) is 0 Å². The Morgan fingerprint density at radius 2 is 1.59 bits per heavy atom. The predicted octanol–water partition coefficient (Wildman–Crippen LogP) is 3.85. The minimum Gasteiger partial charge on any atom is -0.496 e. The summed E-state index contributed by atoms with van der Waals surface area (Å²) in [4.78, 5) is 12.6. The number of hydrogen-bond donors (Lipinski definition) is 1. The van der Waals surface area contributed by atoms with Crippen LogP contribution in [0, 0.1) is 0 Å². The summed E-state index contributed by atoms with van der Waals surface area (Å²) < 4.78 is 10.5. The Balaban J connectivity index is 2.23. The predicted molar refractivity (Wildman–Crippen MR) is 86.9 cm³/mol. The number of ether oxygens (including phenoxy) is 2. The molecule has 2 aromatic carbocycles. The van der Waals surface area contributed by atoms with E-state index < -0.39 is 0 Å². The van der Waals surface area contributed by atoms with E-state index in [2.05, 4.69) is 5.32 Å². The van der Waals surface area contributed by atoms with Gasteiger partial charge in [0.1, 0.15) is 17.1 Å². The van der Waals surface area contributed by atoms with E-state index in [9.17, 15) is 4.79 Å². The van der Waals surface area contributed by atoms with Crippen molar-refractivity contribution in [2.45, 2.75) is 13.0 Å². The van der Waals surface area contributed by atoms with Gasteiger partial charge in [0.05, 0.1) is 20.3 Å². The smallest absolute Gasteiger partial charge is 0.259 e. The number of halogens is 1. The Kier molecular flexibility index (Phi) is 5.28. The fourth-order valence-corrected chi connectivity index (χ4v) is 2.30. The van der Waals surface area contributed by atoms with Crippen molar-refractivity contribution in [3.8, 4) is 11.5 Å². The summed E-state index contributed by atoms with van der Waals surface area (Å²) in [5, 5.41) is 3.60. The molecule has 0 heterocycles. The van der Waals surface area contributed by atoms with Crippen LogP contribution in [0.1, 0.15) is 28.9 Å². The Labute approximate surface area is 135 Å². The summed E-state index contributed by atoms with van der Waals surface area (Å²) in [5.74, 6) is 0.692. The Morgan fingerprint density at radius 3 is 2.09 bits per heavy atom. The van der Waals surface area contributed by atoms with Gasteiger partial charge in [-0.2, -0.15) is 0 Å². The molecule has 0 fully saturated rings. The molecule has 5 heteroatoms. The molecule has 0 spiro atoms. The van der Waals surface area contributed by atoms with Crippen LogP contribution in [0.4, 0.5) is 0 Å². The van der Waals surface area contributed by atoms with Gasteiger partial charge in [-0.15, -0.1) is 0 Å². The molecule has 1 atom stereocenters. The van der Waals surface area contributed by atoms with Gasteiger partial charge < -0.3 is 14.8 Å². The minimum absolute atomic E-state index is 0.167. The van der Waals surface area contributed by atoms with Gasteiger partial charge in [0.2, 0.25) is 0 Å². The number of carbonyl (C=O) groups is 1. The number of amides is 1. The maximum atomic E-state index is 12.6. The standard InChI is InChI=1S/C17H18ClNO3/c1-11(12-7-9-13(18)10-8-12)19-17(20)16-14(21-2)5-4-6-15(16)22-3/h4-11H,1-3H3,(H,19,20)/t11-/m1/s1. The van der Waals surface area contributed by atoms with E-state index in [4.69, 9.17) is 21.1 Å². The highest BCUT2D eigenvalue weighted by molar-refractivity contribution is 6.30. The van der Waals surface area contributed by atoms with Gasteiger partial charge in [-0.3, -0.25) is 4.79 Å².